The standard InChI is InChI=1S/4C6H6.2C4H5N.2C2H4O.4C2H6.4CH3NO2.3CH4/c4*1-2-4-6-5-3-1;2*1-2-3-4-5;2*1-2-3;4*1-2;4*1-2(3)4;;;/h4*1-6H;2*2-3H,1H3;2*2H,1H3;4*1-2H3;4*1H3;3*1H4. The maximum absolute atomic E-state index is 8.81. The van der Waals surface area contributed by atoms with Crippen molar-refractivity contribution < 1.29 is 29.3 Å². The van der Waals surface area contributed by atoms with Crippen LogP contribution < -0.4 is 0 Å². The van der Waals surface area contributed by atoms with E-state index < -0.39 is 19.7 Å². The van der Waals surface area contributed by atoms with Crippen LogP contribution in [-0.4, -0.2) is 60.5 Å². The average molecular weight is 947 g/mol. The summed E-state index contributed by atoms with van der Waals surface area (Å²) in [6.45, 7) is 22.5. The fraction of sp³-hybridized carbons (Fsp3) is 0.373. The molecule has 4 rings (SSSR count). The van der Waals surface area contributed by atoms with Gasteiger partial charge in [0.05, 0.1) is 12.1 Å². The average Bonchev–Trinajstić information content (AvgIpc) is 3.30. The van der Waals surface area contributed by atoms with Crippen LogP contribution in [0.15, 0.2) is 170 Å². The molecule has 67 heavy (non-hydrogen) atoms. The molecule has 0 saturated carbocycles. The fourth-order valence-corrected chi connectivity index (χ4v) is 1.69. The van der Waals surface area contributed by atoms with Crippen LogP contribution in [0.4, 0.5) is 0 Å². The number of hydrogen-bond acceptors (Lipinski definition) is 12. The molecule has 4 aromatic rings. The monoisotopic (exact) mass is 947 g/mol. The van der Waals surface area contributed by atoms with Gasteiger partial charge in [-0.25, -0.2) is 0 Å². The van der Waals surface area contributed by atoms with Gasteiger partial charge in [-0.15, -0.1) is 0 Å². The number of carbonyl (C=O) groups excluding carboxylic acids is 2. The van der Waals surface area contributed by atoms with Crippen molar-refractivity contribution in [1.82, 2.24) is 0 Å². The molecule has 0 unspecified atom stereocenters. The number of aldehydes is 2. The van der Waals surface area contributed by atoms with Gasteiger partial charge in [-0.1, -0.05) is 235 Å². The maximum atomic E-state index is 8.81. The molecule has 0 bridgehead atoms. The van der Waals surface area contributed by atoms with E-state index >= 15 is 0 Å². The van der Waals surface area contributed by atoms with Crippen molar-refractivity contribution in [3.63, 3.8) is 0 Å². The van der Waals surface area contributed by atoms with Gasteiger partial charge in [-0.3, -0.25) is 40.5 Å². The van der Waals surface area contributed by atoms with Gasteiger partial charge in [-0.05, 0) is 27.7 Å². The van der Waals surface area contributed by atoms with Gasteiger partial charge < -0.3 is 9.59 Å². The largest absolute Gasteiger partial charge is 0.304 e. The summed E-state index contributed by atoms with van der Waals surface area (Å²) in [6.07, 6.45) is 7.75. The molecule has 0 aliphatic rings. The van der Waals surface area contributed by atoms with Gasteiger partial charge in [0.2, 0.25) is 0 Å². The molecule has 0 amide bonds. The zero-order valence-electron chi connectivity index (χ0n) is 41.1. The molecule has 0 aromatic heterocycles. The van der Waals surface area contributed by atoms with Crippen molar-refractivity contribution in [2.45, 2.75) is 105 Å². The normalized spacial score (nSPS) is 6.30. The van der Waals surface area contributed by atoms with Crippen LogP contribution in [0.1, 0.15) is 105 Å². The van der Waals surface area contributed by atoms with Crippen LogP contribution >= 0.6 is 0 Å². The topological polar surface area (TPSA) is 254 Å². The Kier molecular flexibility index (Phi) is 223. The van der Waals surface area contributed by atoms with Gasteiger partial charge >= 0.3 is 0 Å². The van der Waals surface area contributed by atoms with Crippen LogP contribution in [0.25, 0.3) is 0 Å². The number of rotatable bonds is 0. The Bertz CT molecular complexity index is 1160. The molecule has 384 valence electrons. The van der Waals surface area contributed by atoms with Crippen LogP contribution in [0.5, 0.6) is 0 Å². The van der Waals surface area contributed by atoms with Gasteiger partial charge in [0.25, 0.3) is 0 Å². The Balaban J connectivity index is -0.0000000335. The lowest BCUT2D eigenvalue weighted by Crippen LogP contribution is -1.79. The van der Waals surface area contributed by atoms with Crippen molar-refractivity contribution in [3.05, 3.63) is 210 Å². The van der Waals surface area contributed by atoms with E-state index in [-0.39, 0.29) is 22.3 Å². The quantitative estimate of drug-likeness (QED) is 0.0690. The molecule has 0 fully saturated rings. The summed E-state index contributed by atoms with van der Waals surface area (Å²) in [7, 11) is 3.56. The lowest BCUT2D eigenvalue weighted by atomic mass is 10.4. The van der Waals surface area contributed by atoms with E-state index in [9.17, 15) is 0 Å². The van der Waals surface area contributed by atoms with Gasteiger partial charge in [0.1, 0.15) is 12.6 Å². The molecule has 0 spiro atoms. The first-order valence-electron chi connectivity index (χ1n) is 19.7. The molecular weight excluding hydrogens is 857 g/mol. The summed E-state index contributed by atoms with van der Waals surface area (Å²) in [5, 5.41) is 50.7. The molecular formula is C51H90N6O10. The lowest BCUT2D eigenvalue weighted by Gasteiger charge is -1.69. The molecule has 0 radical (unpaired) electrons. The first-order valence-corrected chi connectivity index (χ1v) is 19.7. The third-order valence-corrected chi connectivity index (χ3v) is 3.15. The van der Waals surface area contributed by atoms with Crippen molar-refractivity contribution in [2.75, 3.05) is 28.2 Å². The minimum atomic E-state index is -0.500. The molecule has 0 atom stereocenters. The molecule has 0 aliphatic heterocycles. The summed E-state index contributed by atoms with van der Waals surface area (Å²) < 4.78 is 0. The zero-order valence-corrected chi connectivity index (χ0v) is 41.1. The van der Waals surface area contributed by atoms with E-state index in [1.807, 2.05) is 227 Å². The third-order valence-electron chi connectivity index (χ3n) is 3.15. The second-order valence-corrected chi connectivity index (χ2v) is 8.11. The Hall–Kier alpha value is -7.72. The number of benzene rings is 4. The van der Waals surface area contributed by atoms with Gasteiger partial charge in [0, 0.05) is 31.8 Å². The van der Waals surface area contributed by atoms with Crippen molar-refractivity contribution >= 4 is 12.6 Å². The Morgan fingerprint density at radius 1 is 0.328 bits per heavy atom. The highest BCUT2D eigenvalue weighted by Gasteiger charge is 1.61. The fourth-order valence-electron chi connectivity index (χ4n) is 1.69. The first kappa shape index (κ1) is 103. The number of carbonyl (C=O) groups is 2. The predicted octanol–water partition coefficient (Wildman–Crippen LogP) is 14.9. The SMILES string of the molecule is C.C.C.CC.CC.CC.CC.CC=CC#N.CC=CC#N.CC=O.CC=O.C[N+](=O)[O-].C[N+](=O)[O-].C[N+](=O)[O-].C[N+](=O)[O-].c1ccccc1.c1ccccc1.c1ccccc1.c1ccccc1. The first-order chi connectivity index (χ1) is 30.6. The summed E-state index contributed by atoms with van der Waals surface area (Å²) >= 11 is 0. The number of hydrogen-bond donors (Lipinski definition) is 0. The predicted molar refractivity (Wildman–Crippen MR) is 287 cm³/mol. The van der Waals surface area contributed by atoms with Gasteiger partial charge in [-0.2, -0.15) is 10.5 Å². The summed E-state index contributed by atoms with van der Waals surface area (Å²) in [6, 6.07) is 51.7. The molecule has 16 nitrogen and oxygen atoms in total. The zero-order chi connectivity index (χ0) is 52.9. The Labute approximate surface area is 407 Å². The van der Waals surface area contributed by atoms with Crippen molar-refractivity contribution in [3.8, 4) is 12.1 Å². The number of nitrogens with zero attached hydrogens (tertiary/aromatic N) is 6. The summed E-state index contributed by atoms with van der Waals surface area (Å²) in [4.78, 5) is 50.8. The smallest absolute Gasteiger partial charge is 0.194 e. The molecule has 16 heteroatoms. The Morgan fingerprint density at radius 3 is 0.403 bits per heavy atom. The van der Waals surface area contributed by atoms with Gasteiger partial charge in [0.15, 0.2) is 28.2 Å². The van der Waals surface area contributed by atoms with E-state index in [0.717, 1.165) is 40.8 Å². The van der Waals surface area contributed by atoms with Crippen LogP contribution in [-0.2, 0) is 9.59 Å². The van der Waals surface area contributed by atoms with E-state index in [1.165, 1.54) is 26.0 Å². The molecule has 0 heterocycles. The number of allylic oxidation sites excluding steroid dienone is 4. The third kappa shape index (κ3) is 449. The summed E-state index contributed by atoms with van der Waals surface area (Å²) in [5.41, 5.74) is 0. The second kappa shape index (κ2) is 145. The maximum Gasteiger partial charge on any atom is 0.194 e. The number of nitro groups is 4. The van der Waals surface area contributed by atoms with Crippen LogP contribution in [0.3, 0.4) is 0 Å². The van der Waals surface area contributed by atoms with Crippen LogP contribution in [0, 0.1) is 63.1 Å². The van der Waals surface area contributed by atoms with E-state index in [4.69, 9.17) is 60.6 Å². The minimum absolute atomic E-state index is 0. The lowest BCUT2D eigenvalue weighted by molar-refractivity contribution is -0.445. The second-order valence-electron chi connectivity index (χ2n) is 8.11. The van der Waals surface area contributed by atoms with Crippen LogP contribution in [0.2, 0.25) is 0 Å². The van der Waals surface area contributed by atoms with E-state index in [1.54, 1.807) is 12.2 Å². The van der Waals surface area contributed by atoms with Crippen molar-refractivity contribution in [1.29, 1.82) is 10.5 Å². The molecule has 4 aromatic carbocycles. The highest BCUT2D eigenvalue weighted by molar-refractivity contribution is 5.44. The molecule has 0 aliphatic carbocycles. The Morgan fingerprint density at radius 2 is 0.388 bits per heavy atom. The van der Waals surface area contributed by atoms with E-state index in [0.29, 0.717) is 0 Å². The molecule has 0 saturated heterocycles. The van der Waals surface area contributed by atoms with E-state index in [2.05, 4.69) is 0 Å². The highest BCUT2D eigenvalue weighted by Crippen LogP contribution is 1.81. The summed E-state index contributed by atoms with van der Waals surface area (Å²) in [5.74, 6) is 0. The van der Waals surface area contributed by atoms with Crippen molar-refractivity contribution in [2.24, 2.45) is 0 Å². The minimum Gasteiger partial charge on any atom is -0.304 e. The molecule has 0 N–H and O–H groups in total. The highest BCUT2D eigenvalue weighted by atomic mass is 16.6. The number of nitriles is 2.